The average molecular weight is 349 g/mol. The number of hydrogen-bond donors (Lipinski definition) is 3. The fourth-order valence-electron chi connectivity index (χ4n) is 3.35. The van der Waals surface area contributed by atoms with E-state index in [1.54, 1.807) is 0 Å². The number of aromatic nitrogens is 3. The molecule has 0 bridgehead atoms. The van der Waals surface area contributed by atoms with Gasteiger partial charge in [0, 0.05) is 16.8 Å². The molecule has 2 aromatic heterocycles. The van der Waals surface area contributed by atoms with Gasteiger partial charge < -0.3 is 15.6 Å². The van der Waals surface area contributed by atoms with Crippen LogP contribution in [0.15, 0.2) is 24.3 Å². The summed E-state index contributed by atoms with van der Waals surface area (Å²) in [6.45, 7) is 10.2. The summed E-state index contributed by atoms with van der Waals surface area (Å²) in [5.74, 6) is 0.745. The molecule has 1 unspecified atom stereocenters. The highest BCUT2D eigenvalue weighted by Crippen LogP contribution is 2.33. The van der Waals surface area contributed by atoms with Crippen molar-refractivity contribution in [3.63, 3.8) is 0 Å². The highest BCUT2D eigenvalue weighted by Gasteiger charge is 2.28. The predicted molar refractivity (Wildman–Crippen MR) is 103 cm³/mol. The van der Waals surface area contributed by atoms with Gasteiger partial charge in [0.1, 0.15) is 11.3 Å². The van der Waals surface area contributed by atoms with E-state index in [1.807, 2.05) is 38.1 Å². The first-order valence-corrected chi connectivity index (χ1v) is 8.82. The summed E-state index contributed by atoms with van der Waals surface area (Å²) in [5.41, 5.74) is 5.88. The van der Waals surface area contributed by atoms with Crippen molar-refractivity contribution in [1.82, 2.24) is 20.3 Å². The maximum Gasteiger partial charge on any atom is 0.253 e. The second kappa shape index (κ2) is 5.56. The fourth-order valence-corrected chi connectivity index (χ4v) is 3.35. The maximum atomic E-state index is 12.1. The molecule has 1 aliphatic heterocycles. The van der Waals surface area contributed by atoms with E-state index < -0.39 is 0 Å². The molecular formula is C20H23N5O. The molecule has 1 atom stereocenters. The number of anilines is 1. The number of nitrogens with zero attached hydrogens (tertiary/aromatic N) is 2. The number of aryl methyl sites for hydroxylation is 1. The third-order valence-corrected chi connectivity index (χ3v) is 4.53. The lowest BCUT2D eigenvalue weighted by atomic mass is 10.1. The zero-order chi connectivity index (χ0) is 18.6. The number of H-pyrrole nitrogens is 1. The largest absolute Gasteiger partial charge is 0.364 e. The zero-order valence-corrected chi connectivity index (χ0v) is 15.7. The van der Waals surface area contributed by atoms with Gasteiger partial charge in [0.05, 0.1) is 28.5 Å². The fraction of sp³-hybridized carbons (Fsp3) is 0.350. The van der Waals surface area contributed by atoms with Crippen molar-refractivity contribution in [3.05, 3.63) is 41.2 Å². The minimum absolute atomic E-state index is 0.00678. The van der Waals surface area contributed by atoms with E-state index in [-0.39, 0.29) is 17.5 Å². The van der Waals surface area contributed by atoms with Crippen LogP contribution >= 0.6 is 0 Å². The summed E-state index contributed by atoms with van der Waals surface area (Å²) in [6.07, 6.45) is 0. The number of nitrogens with one attached hydrogen (secondary N) is 3. The molecule has 6 nitrogen and oxygen atoms in total. The summed E-state index contributed by atoms with van der Waals surface area (Å²) in [5, 5.41) is 6.34. The summed E-state index contributed by atoms with van der Waals surface area (Å²) in [7, 11) is 0. The third kappa shape index (κ3) is 2.71. The summed E-state index contributed by atoms with van der Waals surface area (Å²) >= 11 is 0. The van der Waals surface area contributed by atoms with E-state index in [2.05, 4.69) is 36.4 Å². The van der Waals surface area contributed by atoms with Crippen LogP contribution in [0.5, 0.6) is 0 Å². The number of amides is 1. The van der Waals surface area contributed by atoms with Crippen molar-refractivity contribution >= 4 is 22.8 Å². The summed E-state index contributed by atoms with van der Waals surface area (Å²) < 4.78 is 0. The SMILES string of the molecule is Cc1nc2cccc(-c3cc4c([nH]3)C(C)NC4=O)c2nc1NC(C)(C)C. The average Bonchev–Trinajstić information content (AvgIpc) is 3.08. The van der Waals surface area contributed by atoms with Crippen LogP contribution in [0.1, 0.15) is 55.5 Å². The van der Waals surface area contributed by atoms with Gasteiger partial charge in [0.2, 0.25) is 0 Å². The molecule has 1 amide bonds. The third-order valence-electron chi connectivity index (χ3n) is 4.53. The van der Waals surface area contributed by atoms with Crippen LogP contribution in [0.3, 0.4) is 0 Å². The van der Waals surface area contributed by atoms with Gasteiger partial charge in [-0.2, -0.15) is 0 Å². The Morgan fingerprint density at radius 1 is 1.15 bits per heavy atom. The molecular weight excluding hydrogens is 326 g/mol. The minimum Gasteiger partial charge on any atom is -0.364 e. The van der Waals surface area contributed by atoms with E-state index in [0.717, 1.165) is 39.5 Å². The molecule has 0 aliphatic carbocycles. The highest BCUT2D eigenvalue weighted by molar-refractivity contribution is 6.01. The topological polar surface area (TPSA) is 82.7 Å². The molecule has 3 heterocycles. The van der Waals surface area contributed by atoms with Crippen molar-refractivity contribution in [2.75, 3.05) is 5.32 Å². The van der Waals surface area contributed by atoms with Crippen LogP contribution in [0.25, 0.3) is 22.3 Å². The molecule has 134 valence electrons. The molecule has 0 saturated heterocycles. The monoisotopic (exact) mass is 349 g/mol. The first kappa shape index (κ1) is 16.6. The number of aromatic amines is 1. The molecule has 3 N–H and O–H groups in total. The van der Waals surface area contributed by atoms with Crippen LogP contribution in [-0.4, -0.2) is 26.4 Å². The predicted octanol–water partition coefficient (Wildman–Crippen LogP) is 3.95. The van der Waals surface area contributed by atoms with Gasteiger partial charge in [0.15, 0.2) is 0 Å². The molecule has 0 fully saturated rings. The lowest BCUT2D eigenvalue weighted by molar-refractivity contribution is 0.0958. The summed E-state index contributed by atoms with van der Waals surface area (Å²) in [6, 6.07) is 7.84. The Morgan fingerprint density at radius 3 is 2.62 bits per heavy atom. The first-order valence-electron chi connectivity index (χ1n) is 8.82. The van der Waals surface area contributed by atoms with Gasteiger partial charge >= 0.3 is 0 Å². The zero-order valence-electron chi connectivity index (χ0n) is 15.7. The Labute approximate surface area is 152 Å². The lowest BCUT2D eigenvalue weighted by Crippen LogP contribution is -2.27. The van der Waals surface area contributed by atoms with E-state index in [1.165, 1.54) is 0 Å². The number of benzene rings is 1. The van der Waals surface area contributed by atoms with E-state index in [0.29, 0.717) is 5.56 Å². The van der Waals surface area contributed by atoms with Crippen molar-refractivity contribution in [2.45, 2.75) is 46.2 Å². The van der Waals surface area contributed by atoms with Crippen molar-refractivity contribution in [1.29, 1.82) is 0 Å². The number of hydrogen-bond acceptors (Lipinski definition) is 4. The molecule has 4 rings (SSSR count). The van der Waals surface area contributed by atoms with Crippen molar-refractivity contribution in [2.24, 2.45) is 0 Å². The molecule has 1 aliphatic rings. The Morgan fingerprint density at radius 2 is 1.92 bits per heavy atom. The van der Waals surface area contributed by atoms with Crippen LogP contribution in [-0.2, 0) is 0 Å². The van der Waals surface area contributed by atoms with Gasteiger partial charge in [-0.05, 0) is 46.8 Å². The number of rotatable bonds is 2. The normalized spacial score (nSPS) is 16.7. The summed E-state index contributed by atoms with van der Waals surface area (Å²) in [4.78, 5) is 25.0. The standard InChI is InChI=1S/C20H23N5O/c1-10-16-13(19(26)22-10)9-15(23-16)12-7-6-8-14-17(12)24-18(11(2)21-14)25-20(3,4)5/h6-10,23H,1-5H3,(H,22,26)(H,24,25). The molecule has 6 heteroatoms. The Balaban J connectivity index is 1.88. The van der Waals surface area contributed by atoms with Gasteiger partial charge in [-0.3, -0.25) is 4.79 Å². The second-order valence-electron chi connectivity index (χ2n) is 7.91. The molecule has 1 aromatic carbocycles. The van der Waals surface area contributed by atoms with Crippen LogP contribution in [0, 0.1) is 6.92 Å². The first-order chi connectivity index (χ1) is 12.2. The van der Waals surface area contributed by atoms with Gasteiger partial charge in [-0.25, -0.2) is 9.97 Å². The van der Waals surface area contributed by atoms with E-state index >= 15 is 0 Å². The Kier molecular flexibility index (Phi) is 3.54. The van der Waals surface area contributed by atoms with Crippen molar-refractivity contribution < 1.29 is 4.79 Å². The molecule has 0 spiro atoms. The molecule has 3 aromatic rings. The van der Waals surface area contributed by atoms with Crippen molar-refractivity contribution in [3.8, 4) is 11.3 Å². The molecule has 0 saturated carbocycles. The molecule has 0 radical (unpaired) electrons. The number of carbonyl (C=O) groups is 1. The second-order valence-corrected chi connectivity index (χ2v) is 7.91. The Bertz CT molecular complexity index is 1030. The van der Waals surface area contributed by atoms with Gasteiger partial charge in [-0.1, -0.05) is 12.1 Å². The maximum absolute atomic E-state index is 12.1. The smallest absolute Gasteiger partial charge is 0.253 e. The van der Waals surface area contributed by atoms with Gasteiger partial charge in [0.25, 0.3) is 5.91 Å². The molecule has 26 heavy (non-hydrogen) atoms. The number of fused-ring (bicyclic) bond motifs is 2. The highest BCUT2D eigenvalue weighted by atomic mass is 16.2. The Hall–Kier alpha value is -2.89. The minimum atomic E-state index is -0.108. The van der Waals surface area contributed by atoms with Crippen LogP contribution in [0.2, 0.25) is 0 Å². The number of para-hydroxylation sites is 1. The van der Waals surface area contributed by atoms with Gasteiger partial charge in [-0.15, -0.1) is 0 Å². The lowest BCUT2D eigenvalue weighted by Gasteiger charge is -2.22. The number of carbonyl (C=O) groups excluding carboxylic acids is 1. The van der Waals surface area contributed by atoms with Crippen LogP contribution < -0.4 is 10.6 Å². The van der Waals surface area contributed by atoms with E-state index in [4.69, 9.17) is 9.97 Å². The van der Waals surface area contributed by atoms with E-state index in [9.17, 15) is 4.79 Å². The quantitative estimate of drug-likeness (QED) is 0.654. The van der Waals surface area contributed by atoms with Crippen LogP contribution in [0.4, 0.5) is 5.82 Å².